The number of hydrogen-bond donors (Lipinski definition) is 6. The Labute approximate surface area is 433 Å². The summed E-state index contributed by atoms with van der Waals surface area (Å²) in [5, 5.41) is 54.3. The fourth-order valence-corrected chi connectivity index (χ4v) is 8.13. The van der Waals surface area contributed by atoms with Crippen molar-refractivity contribution >= 4 is 5.91 Å². The molecule has 0 aliphatic carbocycles. The Morgan fingerprint density at radius 2 is 0.873 bits per heavy atom. The zero-order valence-electron chi connectivity index (χ0n) is 44.7. The fraction of sp³-hybridized carbons (Fsp3) is 0.661. The van der Waals surface area contributed by atoms with Crippen LogP contribution in [0.5, 0.6) is 0 Å². The number of aliphatic hydroxyl groups excluding tert-OH is 5. The van der Waals surface area contributed by atoms with E-state index >= 15 is 0 Å². The van der Waals surface area contributed by atoms with Gasteiger partial charge in [0.2, 0.25) is 5.91 Å². The minimum absolute atomic E-state index is 0.148. The second kappa shape index (κ2) is 50.1. The van der Waals surface area contributed by atoms with E-state index in [4.69, 9.17) is 9.47 Å². The Bertz CT molecular complexity index is 1520. The van der Waals surface area contributed by atoms with E-state index in [0.29, 0.717) is 12.8 Å². The van der Waals surface area contributed by atoms with E-state index in [1.165, 1.54) is 64.2 Å². The van der Waals surface area contributed by atoms with Crippen molar-refractivity contribution in [3.8, 4) is 0 Å². The fourth-order valence-electron chi connectivity index (χ4n) is 8.13. The largest absolute Gasteiger partial charge is 0.394 e. The van der Waals surface area contributed by atoms with Crippen molar-refractivity contribution in [2.75, 3.05) is 13.2 Å². The first-order valence-corrected chi connectivity index (χ1v) is 28.2. The van der Waals surface area contributed by atoms with Gasteiger partial charge in [-0.05, 0) is 89.9 Å². The van der Waals surface area contributed by atoms with Crippen LogP contribution >= 0.6 is 0 Å². The average molecular weight is 991 g/mol. The Hall–Kier alpha value is -3.41. The van der Waals surface area contributed by atoms with Crippen LogP contribution in [-0.2, 0) is 14.3 Å². The minimum atomic E-state index is -1.56. The highest BCUT2D eigenvalue weighted by Gasteiger charge is 2.44. The standard InChI is InChI=1S/C62H103NO8/c1-3-5-7-9-11-13-14-15-16-17-18-19-20-21-22-23-24-25-26-27-28-29-30-31-32-33-34-35-36-37-38-39-40-41-42-44-46-48-50-52-58(66)63-55(56(65)51-49-47-45-43-12-10-8-6-4-2)54-70-62-61(69)60(68)59(67)57(53-64)71-62/h5,7,11,13,15-16,18-19,21-22,24-25,27-28,30-31,33-34,36-37,55-57,59-62,64-65,67-69H,3-4,6,8-10,12,14,17,20,23,26,29,32,35,38-54H2,1-2H3,(H,63,66)/b7-5-,13-11-,16-15-,19-18-,22-21-,25-24-,28-27-,31-30-,34-33-,37-36-. The van der Waals surface area contributed by atoms with Crippen LogP contribution in [0.15, 0.2) is 122 Å². The topological polar surface area (TPSA) is 149 Å². The van der Waals surface area contributed by atoms with Crippen molar-refractivity contribution < 1.29 is 39.8 Å². The van der Waals surface area contributed by atoms with E-state index in [2.05, 4.69) is 141 Å². The molecule has 1 amide bonds. The molecule has 0 aromatic carbocycles. The molecule has 7 unspecified atom stereocenters. The first-order chi connectivity index (χ1) is 34.8. The average Bonchev–Trinajstić information content (AvgIpc) is 3.37. The zero-order chi connectivity index (χ0) is 51.5. The number of carbonyl (C=O) groups excluding carboxylic acids is 1. The van der Waals surface area contributed by atoms with Crippen molar-refractivity contribution in [3.63, 3.8) is 0 Å². The molecule has 0 radical (unpaired) electrons. The van der Waals surface area contributed by atoms with Crippen molar-refractivity contribution in [1.82, 2.24) is 5.32 Å². The summed E-state index contributed by atoms with van der Waals surface area (Å²) in [6.45, 7) is 3.67. The summed E-state index contributed by atoms with van der Waals surface area (Å²) in [6, 6.07) is -0.729. The minimum Gasteiger partial charge on any atom is -0.394 e. The van der Waals surface area contributed by atoms with E-state index in [-0.39, 0.29) is 12.5 Å². The summed E-state index contributed by atoms with van der Waals surface area (Å²) < 4.78 is 11.2. The summed E-state index contributed by atoms with van der Waals surface area (Å²) in [5.74, 6) is -0.161. The Kier molecular flexibility index (Phi) is 46.3. The highest BCUT2D eigenvalue weighted by Crippen LogP contribution is 2.23. The molecule has 71 heavy (non-hydrogen) atoms. The number of nitrogens with one attached hydrogen (secondary N) is 1. The third-order valence-corrected chi connectivity index (χ3v) is 12.6. The Morgan fingerprint density at radius 1 is 0.493 bits per heavy atom. The first kappa shape index (κ1) is 65.6. The van der Waals surface area contributed by atoms with Gasteiger partial charge in [0, 0.05) is 6.42 Å². The number of hydrogen-bond acceptors (Lipinski definition) is 8. The summed E-state index contributed by atoms with van der Waals surface area (Å²) >= 11 is 0. The second-order valence-electron chi connectivity index (χ2n) is 19.0. The maximum Gasteiger partial charge on any atom is 0.220 e. The number of ether oxygens (including phenoxy) is 2. The molecule has 1 aliphatic rings. The molecule has 1 fully saturated rings. The molecule has 1 heterocycles. The van der Waals surface area contributed by atoms with Crippen LogP contribution in [0, 0.1) is 0 Å². The lowest BCUT2D eigenvalue weighted by molar-refractivity contribution is -0.302. The lowest BCUT2D eigenvalue weighted by Crippen LogP contribution is -2.60. The molecule has 9 heteroatoms. The SMILES string of the molecule is CC/C=C\C/C=C\C/C=C\C/C=C\C/C=C\C/C=C\C/C=C\C/C=C\C/C=C\C/C=C\CCCCCCCCCCC(=O)NC(COC1OC(CO)C(O)C(O)C1O)C(O)CCCCCCCCCCC. The maximum absolute atomic E-state index is 13.0. The van der Waals surface area contributed by atoms with Gasteiger partial charge in [0.05, 0.1) is 25.4 Å². The van der Waals surface area contributed by atoms with Gasteiger partial charge in [-0.2, -0.15) is 0 Å². The van der Waals surface area contributed by atoms with Crippen molar-refractivity contribution in [1.29, 1.82) is 0 Å². The van der Waals surface area contributed by atoms with Crippen LogP contribution in [0.25, 0.3) is 0 Å². The smallest absolute Gasteiger partial charge is 0.220 e. The van der Waals surface area contributed by atoms with Crippen LogP contribution in [0.3, 0.4) is 0 Å². The summed E-state index contributed by atoms with van der Waals surface area (Å²) in [6.07, 6.45) is 68.1. The van der Waals surface area contributed by atoms with Gasteiger partial charge in [-0.1, -0.05) is 232 Å². The van der Waals surface area contributed by atoms with Crippen LogP contribution < -0.4 is 5.32 Å². The van der Waals surface area contributed by atoms with Crippen molar-refractivity contribution in [2.24, 2.45) is 0 Å². The van der Waals surface area contributed by atoms with Crippen molar-refractivity contribution in [3.05, 3.63) is 122 Å². The van der Waals surface area contributed by atoms with Gasteiger partial charge >= 0.3 is 0 Å². The third-order valence-electron chi connectivity index (χ3n) is 12.6. The van der Waals surface area contributed by atoms with Gasteiger partial charge in [-0.25, -0.2) is 0 Å². The Morgan fingerprint density at radius 3 is 1.30 bits per heavy atom. The Balaban J connectivity index is 2.12. The van der Waals surface area contributed by atoms with E-state index < -0.39 is 49.5 Å². The van der Waals surface area contributed by atoms with E-state index in [9.17, 15) is 30.3 Å². The maximum atomic E-state index is 13.0. The van der Waals surface area contributed by atoms with Crippen LogP contribution in [0.4, 0.5) is 0 Å². The lowest BCUT2D eigenvalue weighted by atomic mass is 9.99. The van der Waals surface area contributed by atoms with Gasteiger partial charge in [-0.3, -0.25) is 4.79 Å². The van der Waals surface area contributed by atoms with Gasteiger partial charge < -0.3 is 40.3 Å². The summed E-state index contributed by atoms with van der Waals surface area (Å²) in [5.41, 5.74) is 0. The number of carbonyl (C=O) groups is 1. The molecule has 0 spiro atoms. The van der Waals surface area contributed by atoms with Gasteiger partial charge in [0.15, 0.2) is 6.29 Å². The molecule has 0 bridgehead atoms. The monoisotopic (exact) mass is 990 g/mol. The van der Waals surface area contributed by atoms with Gasteiger partial charge in [-0.15, -0.1) is 0 Å². The van der Waals surface area contributed by atoms with E-state index in [1.807, 2.05) is 0 Å². The molecule has 404 valence electrons. The number of aliphatic hydroxyl groups is 5. The molecular weight excluding hydrogens is 887 g/mol. The molecule has 0 aromatic rings. The molecule has 1 rings (SSSR count). The summed E-state index contributed by atoms with van der Waals surface area (Å²) in [7, 11) is 0. The summed E-state index contributed by atoms with van der Waals surface area (Å²) in [4.78, 5) is 13.0. The molecule has 0 saturated carbocycles. The quantitative estimate of drug-likeness (QED) is 0.0261. The van der Waals surface area contributed by atoms with E-state index in [0.717, 1.165) is 116 Å². The second-order valence-corrected chi connectivity index (χ2v) is 19.0. The highest BCUT2D eigenvalue weighted by molar-refractivity contribution is 5.76. The first-order valence-electron chi connectivity index (χ1n) is 28.2. The molecule has 1 saturated heterocycles. The van der Waals surface area contributed by atoms with Gasteiger partial charge in [0.25, 0.3) is 0 Å². The predicted octanol–water partition coefficient (Wildman–Crippen LogP) is 14.0. The molecule has 9 nitrogen and oxygen atoms in total. The molecule has 1 aliphatic heterocycles. The highest BCUT2D eigenvalue weighted by atomic mass is 16.7. The van der Waals surface area contributed by atoms with Gasteiger partial charge in [0.1, 0.15) is 24.4 Å². The molecule has 7 atom stereocenters. The van der Waals surface area contributed by atoms with Crippen LogP contribution in [-0.4, -0.2) is 87.5 Å². The normalized spacial score (nSPS) is 20.2. The number of allylic oxidation sites excluding steroid dienone is 20. The number of unbranched alkanes of at least 4 members (excludes halogenated alkanes) is 16. The number of rotatable bonds is 46. The third kappa shape index (κ3) is 39.8. The van der Waals surface area contributed by atoms with Crippen molar-refractivity contribution in [2.45, 2.75) is 249 Å². The molecule has 6 N–H and O–H groups in total. The van der Waals surface area contributed by atoms with Crippen LogP contribution in [0.2, 0.25) is 0 Å². The zero-order valence-corrected chi connectivity index (χ0v) is 44.7. The molecule has 0 aromatic heterocycles. The van der Waals surface area contributed by atoms with E-state index in [1.54, 1.807) is 0 Å². The van der Waals surface area contributed by atoms with Crippen LogP contribution in [0.1, 0.15) is 206 Å². The number of amides is 1. The molecular formula is C62H103NO8. The lowest BCUT2D eigenvalue weighted by Gasteiger charge is -2.40. The predicted molar refractivity (Wildman–Crippen MR) is 299 cm³/mol.